The molecule has 3 atom stereocenters. The summed E-state index contributed by atoms with van der Waals surface area (Å²) >= 11 is 0. The fraction of sp³-hybridized carbons (Fsp3) is 0.679. The topological polar surface area (TPSA) is 94.2 Å². The Labute approximate surface area is 216 Å². The van der Waals surface area contributed by atoms with Gasteiger partial charge >= 0.3 is 12.1 Å². The van der Waals surface area contributed by atoms with E-state index in [0.717, 1.165) is 31.2 Å². The van der Waals surface area contributed by atoms with E-state index in [-0.39, 0.29) is 42.8 Å². The van der Waals surface area contributed by atoms with Gasteiger partial charge in [-0.2, -0.15) is 0 Å². The van der Waals surface area contributed by atoms with Crippen molar-refractivity contribution in [2.24, 2.45) is 11.8 Å². The Morgan fingerprint density at radius 3 is 2.22 bits per heavy atom. The Bertz CT molecular complexity index is 845. The molecule has 8 heteroatoms. The minimum atomic E-state index is -0.777. The van der Waals surface area contributed by atoms with Gasteiger partial charge in [0.25, 0.3) is 0 Å². The molecule has 0 aliphatic heterocycles. The highest BCUT2D eigenvalue weighted by molar-refractivity contribution is 5.86. The Morgan fingerprint density at radius 2 is 1.69 bits per heavy atom. The van der Waals surface area contributed by atoms with Crippen molar-refractivity contribution < 1.29 is 28.6 Å². The maximum Gasteiger partial charge on any atom is 0.408 e. The Morgan fingerprint density at radius 1 is 1.08 bits per heavy atom. The molecule has 2 amide bonds. The van der Waals surface area contributed by atoms with Gasteiger partial charge in [0.15, 0.2) is 0 Å². The number of hydrogen-bond acceptors (Lipinski definition) is 6. The van der Waals surface area contributed by atoms with E-state index in [4.69, 9.17) is 14.2 Å². The molecule has 1 saturated carbocycles. The van der Waals surface area contributed by atoms with Crippen LogP contribution in [-0.4, -0.2) is 60.8 Å². The van der Waals surface area contributed by atoms with Crippen LogP contribution in [0.15, 0.2) is 30.3 Å². The highest BCUT2D eigenvalue weighted by Crippen LogP contribution is 2.34. The van der Waals surface area contributed by atoms with Gasteiger partial charge in [0.1, 0.15) is 18.2 Å². The molecule has 1 fully saturated rings. The van der Waals surface area contributed by atoms with Crippen LogP contribution in [0.3, 0.4) is 0 Å². The lowest BCUT2D eigenvalue weighted by Gasteiger charge is -2.40. The second-order valence-corrected chi connectivity index (χ2v) is 11.0. The average molecular weight is 505 g/mol. The summed E-state index contributed by atoms with van der Waals surface area (Å²) in [7, 11) is 3.30. The maximum absolute atomic E-state index is 13.7. The molecular weight excluding hydrogens is 460 g/mol. The summed E-state index contributed by atoms with van der Waals surface area (Å²) in [5.41, 5.74) is 0.260. The quantitative estimate of drug-likeness (QED) is 0.439. The smallest absolute Gasteiger partial charge is 0.408 e. The first kappa shape index (κ1) is 29.6. The molecule has 36 heavy (non-hydrogen) atoms. The number of methoxy groups -OCH3 is 1. The summed E-state index contributed by atoms with van der Waals surface area (Å²) in [5, 5.41) is 2.76. The summed E-state index contributed by atoms with van der Waals surface area (Å²) in [6, 6.07) is 8.28. The fourth-order valence-corrected chi connectivity index (χ4v) is 4.83. The van der Waals surface area contributed by atoms with Crippen LogP contribution >= 0.6 is 0 Å². The molecule has 2 rings (SSSR count). The first-order valence-corrected chi connectivity index (χ1v) is 12.9. The van der Waals surface area contributed by atoms with Gasteiger partial charge in [0.2, 0.25) is 5.91 Å². The molecule has 0 heterocycles. The summed E-state index contributed by atoms with van der Waals surface area (Å²) < 4.78 is 16.7. The van der Waals surface area contributed by atoms with Crippen molar-refractivity contribution in [1.82, 2.24) is 10.2 Å². The lowest BCUT2D eigenvalue weighted by atomic mass is 9.89. The van der Waals surface area contributed by atoms with Gasteiger partial charge < -0.3 is 24.4 Å². The number of rotatable bonds is 11. The van der Waals surface area contributed by atoms with Crippen LogP contribution in [0, 0.1) is 11.8 Å². The second-order valence-electron chi connectivity index (χ2n) is 11.0. The largest absolute Gasteiger partial charge is 0.460 e. The standard InChI is InChI=1S/C28H44N2O6/c1-19(2)24(29-27(33)35-18-20-13-9-8-10-14-20)26(32)30(6)25(21-15-11-12-16-21)22(34-7)17-23(31)36-28(3,4)5/h8-10,13-14,19,21-22,24-25H,11-12,15-18H2,1-7H3,(H,29,33)/t22-,24+,25+/m1/s1. The molecule has 0 aromatic heterocycles. The second kappa shape index (κ2) is 13.6. The number of carbonyl (C=O) groups is 3. The predicted octanol–water partition coefficient (Wildman–Crippen LogP) is 4.70. The highest BCUT2D eigenvalue weighted by atomic mass is 16.6. The minimum Gasteiger partial charge on any atom is -0.460 e. The van der Waals surface area contributed by atoms with Crippen LogP contribution in [0.1, 0.15) is 72.3 Å². The molecule has 0 saturated heterocycles. The molecule has 0 bridgehead atoms. The lowest BCUT2D eigenvalue weighted by molar-refractivity contribution is -0.161. The normalized spacial score (nSPS) is 16.8. The van der Waals surface area contributed by atoms with Crippen molar-refractivity contribution in [1.29, 1.82) is 0 Å². The molecule has 1 aromatic rings. The number of esters is 1. The van der Waals surface area contributed by atoms with Gasteiger partial charge in [0, 0.05) is 14.2 Å². The van der Waals surface area contributed by atoms with E-state index < -0.39 is 23.8 Å². The third-order valence-corrected chi connectivity index (χ3v) is 6.57. The SMILES string of the molecule is CO[C@H](CC(=O)OC(C)(C)C)[C@H](C1CCCC1)N(C)C(=O)[C@@H](NC(=O)OCc1ccccc1)C(C)C. The monoisotopic (exact) mass is 504 g/mol. The maximum atomic E-state index is 13.7. The number of nitrogens with one attached hydrogen (secondary N) is 1. The van der Waals surface area contributed by atoms with Crippen molar-refractivity contribution in [2.45, 2.75) is 97.1 Å². The predicted molar refractivity (Wildman–Crippen MR) is 138 cm³/mol. The number of alkyl carbamates (subject to hydrolysis) is 1. The van der Waals surface area contributed by atoms with Gasteiger partial charge in [-0.1, -0.05) is 57.0 Å². The van der Waals surface area contributed by atoms with Crippen LogP contribution in [0.25, 0.3) is 0 Å². The molecule has 202 valence electrons. The van der Waals surface area contributed by atoms with Gasteiger partial charge in [0.05, 0.1) is 18.6 Å². The van der Waals surface area contributed by atoms with E-state index >= 15 is 0 Å². The third-order valence-electron chi connectivity index (χ3n) is 6.57. The van der Waals surface area contributed by atoms with Gasteiger partial charge in [-0.3, -0.25) is 9.59 Å². The summed E-state index contributed by atoms with van der Waals surface area (Å²) in [6.07, 6.45) is 2.94. The van der Waals surface area contributed by atoms with Gasteiger partial charge in [-0.05, 0) is 51.0 Å². The summed E-state index contributed by atoms with van der Waals surface area (Å²) in [6.45, 7) is 9.36. The number of amides is 2. The third kappa shape index (κ3) is 9.12. The zero-order chi connectivity index (χ0) is 26.9. The summed E-state index contributed by atoms with van der Waals surface area (Å²) in [5.74, 6) is -0.560. The van der Waals surface area contributed by atoms with E-state index in [1.54, 1.807) is 19.1 Å². The number of benzene rings is 1. The first-order chi connectivity index (χ1) is 16.9. The Balaban J connectivity index is 2.15. The molecule has 8 nitrogen and oxygen atoms in total. The lowest BCUT2D eigenvalue weighted by Crippen LogP contribution is -2.57. The molecular formula is C28H44N2O6. The first-order valence-electron chi connectivity index (χ1n) is 12.9. The van der Waals surface area contributed by atoms with Crippen LogP contribution in [0.2, 0.25) is 0 Å². The fourth-order valence-electron chi connectivity index (χ4n) is 4.83. The Kier molecular flexibility index (Phi) is 11.2. The molecule has 0 unspecified atom stereocenters. The number of hydrogen-bond donors (Lipinski definition) is 1. The van der Waals surface area contributed by atoms with Gasteiger partial charge in [-0.15, -0.1) is 0 Å². The zero-order valence-electron chi connectivity index (χ0n) is 22.9. The van der Waals surface area contributed by atoms with Crippen molar-refractivity contribution in [3.63, 3.8) is 0 Å². The van der Waals surface area contributed by atoms with Crippen molar-refractivity contribution in [3.05, 3.63) is 35.9 Å². The van der Waals surface area contributed by atoms with Crippen molar-refractivity contribution >= 4 is 18.0 Å². The number of likely N-dealkylation sites (N-methyl/N-ethyl adjacent to an activating group) is 1. The van der Waals surface area contributed by atoms with Crippen LogP contribution in [0.4, 0.5) is 4.79 Å². The molecule has 1 aliphatic rings. The molecule has 0 spiro atoms. The minimum absolute atomic E-state index is 0.0471. The van der Waals surface area contributed by atoms with E-state index in [0.29, 0.717) is 0 Å². The van der Waals surface area contributed by atoms with Crippen molar-refractivity contribution in [3.8, 4) is 0 Å². The van der Waals surface area contributed by atoms with E-state index in [1.807, 2.05) is 65.0 Å². The van der Waals surface area contributed by atoms with Crippen molar-refractivity contribution in [2.75, 3.05) is 14.2 Å². The zero-order valence-corrected chi connectivity index (χ0v) is 22.9. The van der Waals surface area contributed by atoms with E-state index in [1.165, 1.54) is 0 Å². The number of carbonyl (C=O) groups excluding carboxylic acids is 3. The van der Waals surface area contributed by atoms with Crippen LogP contribution in [0.5, 0.6) is 0 Å². The highest BCUT2D eigenvalue weighted by Gasteiger charge is 2.41. The average Bonchev–Trinajstić information content (AvgIpc) is 3.33. The van der Waals surface area contributed by atoms with Gasteiger partial charge in [-0.25, -0.2) is 4.79 Å². The van der Waals surface area contributed by atoms with E-state index in [2.05, 4.69) is 5.32 Å². The van der Waals surface area contributed by atoms with Crippen LogP contribution < -0.4 is 5.32 Å². The summed E-state index contributed by atoms with van der Waals surface area (Å²) in [4.78, 5) is 40.6. The van der Waals surface area contributed by atoms with Crippen LogP contribution in [-0.2, 0) is 30.4 Å². The molecule has 0 radical (unpaired) electrons. The molecule has 1 aliphatic carbocycles. The molecule has 1 aromatic carbocycles. The number of ether oxygens (including phenoxy) is 3. The number of nitrogens with zero attached hydrogens (tertiary/aromatic N) is 1. The Hall–Kier alpha value is -2.61. The molecule has 1 N–H and O–H groups in total. The van der Waals surface area contributed by atoms with E-state index in [9.17, 15) is 14.4 Å².